The summed E-state index contributed by atoms with van der Waals surface area (Å²) in [5, 5.41) is 3.03. The van der Waals surface area contributed by atoms with E-state index in [1.807, 2.05) is 31.5 Å². The van der Waals surface area contributed by atoms with Crippen LogP contribution in [0.3, 0.4) is 0 Å². The molecule has 0 saturated carbocycles. The molecule has 1 amide bonds. The Morgan fingerprint density at radius 3 is 3.10 bits per heavy atom. The van der Waals surface area contributed by atoms with Gasteiger partial charge in [0.15, 0.2) is 0 Å². The van der Waals surface area contributed by atoms with Gasteiger partial charge < -0.3 is 14.9 Å². The van der Waals surface area contributed by atoms with Crippen LogP contribution >= 0.6 is 0 Å². The minimum atomic E-state index is 0.0759. The zero-order chi connectivity index (χ0) is 13.9. The Labute approximate surface area is 118 Å². The summed E-state index contributed by atoms with van der Waals surface area (Å²) < 4.78 is 2.07. The molecule has 20 heavy (non-hydrogen) atoms. The molecule has 0 aromatic carbocycles. The van der Waals surface area contributed by atoms with Gasteiger partial charge in [0.25, 0.3) is 0 Å². The lowest BCUT2D eigenvalue weighted by atomic mass is 9.89. The summed E-state index contributed by atoms with van der Waals surface area (Å²) in [5.41, 5.74) is 2.28. The lowest BCUT2D eigenvalue weighted by molar-refractivity contribution is -0.125. The van der Waals surface area contributed by atoms with Gasteiger partial charge in [-0.1, -0.05) is 0 Å². The lowest BCUT2D eigenvalue weighted by Gasteiger charge is -2.20. The van der Waals surface area contributed by atoms with Gasteiger partial charge in [-0.05, 0) is 31.9 Å². The Balaban J connectivity index is 1.51. The zero-order valence-electron chi connectivity index (χ0n) is 11.7. The standard InChI is InChI=1S/C15H20N4O/c1-11-17-13-5-4-12(10-14(13)18-11)15(20)16-6-9-19-7-2-3-8-19/h2-3,7-8,12H,4-6,9-10H2,1H3,(H,16,20)(H,17,18). The highest BCUT2D eigenvalue weighted by atomic mass is 16.1. The van der Waals surface area contributed by atoms with Crippen LogP contribution in [0.25, 0.3) is 0 Å². The van der Waals surface area contributed by atoms with Gasteiger partial charge >= 0.3 is 0 Å². The Morgan fingerprint density at radius 1 is 1.50 bits per heavy atom. The van der Waals surface area contributed by atoms with Crippen LogP contribution in [0.2, 0.25) is 0 Å². The zero-order valence-corrected chi connectivity index (χ0v) is 11.7. The molecule has 2 heterocycles. The van der Waals surface area contributed by atoms with E-state index in [2.05, 4.69) is 19.9 Å². The highest BCUT2D eigenvalue weighted by molar-refractivity contribution is 5.79. The minimum absolute atomic E-state index is 0.0759. The first-order valence-corrected chi connectivity index (χ1v) is 7.15. The number of carbonyl (C=O) groups is 1. The van der Waals surface area contributed by atoms with E-state index in [-0.39, 0.29) is 11.8 Å². The monoisotopic (exact) mass is 272 g/mol. The minimum Gasteiger partial charge on any atom is -0.354 e. The fourth-order valence-corrected chi connectivity index (χ4v) is 2.82. The Kier molecular flexibility index (Phi) is 3.58. The fourth-order valence-electron chi connectivity index (χ4n) is 2.82. The van der Waals surface area contributed by atoms with E-state index in [4.69, 9.17) is 0 Å². The molecule has 5 heteroatoms. The number of hydrogen-bond donors (Lipinski definition) is 2. The second kappa shape index (κ2) is 5.53. The molecule has 1 aliphatic carbocycles. The summed E-state index contributed by atoms with van der Waals surface area (Å²) in [7, 11) is 0. The van der Waals surface area contributed by atoms with Crippen molar-refractivity contribution < 1.29 is 4.79 Å². The molecule has 3 rings (SSSR count). The Hall–Kier alpha value is -2.04. The van der Waals surface area contributed by atoms with Crippen molar-refractivity contribution in [3.8, 4) is 0 Å². The molecule has 0 bridgehead atoms. The van der Waals surface area contributed by atoms with E-state index in [1.54, 1.807) is 0 Å². The normalized spacial score (nSPS) is 17.8. The topological polar surface area (TPSA) is 62.7 Å². The number of fused-ring (bicyclic) bond motifs is 1. The maximum absolute atomic E-state index is 12.2. The van der Waals surface area contributed by atoms with Crippen molar-refractivity contribution >= 4 is 5.91 Å². The van der Waals surface area contributed by atoms with E-state index in [0.29, 0.717) is 6.54 Å². The average molecular weight is 272 g/mol. The van der Waals surface area contributed by atoms with Crippen LogP contribution in [0.1, 0.15) is 23.6 Å². The molecule has 0 aliphatic heterocycles. The van der Waals surface area contributed by atoms with Gasteiger partial charge in [0.05, 0.1) is 5.69 Å². The summed E-state index contributed by atoms with van der Waals surface area (Å²) in [5.74, 6) is 1.19. The second-order valence-electron chi connectivity index (χ2n) is 5.40. The van der Waals surface area contributed by atoms with Crippen LogP contribution in [0.5, 0.6) is 0 Å². The SMILES string of the molecule is Cc1nc2c([nH]1)CC(C(=O)NCCn1cccc1)CC2. The average Bonchev–Trinajstić information content (AvgIpc) is 3.05. The predicted molar refractivity (Wildman–Crippen MR) is 76.3 cm³/mol. The molecule has 1 unspecified atom stereocenters. The highest BCUT2D eigenvalue weighted by Gasteiger charge is 2.26. The molecule has 0 spiro atoms. The number of nitrogens with one attached hydrogen (secondary N) is 2. The summed E-state index contributed by atoms with van der Waals surface area (Å²) in [6.07, 6.45) is 6.59. The van der Waals surface area contributed by atoms with E-state index in [1.165, 1.54) is 0 Å². The van der Waals surface area contributed by atoms with Crippen LogP contribution in [-0.2, 0) is 24.2 Å². The molecule has 0 saturated heterocycles. The molecular formula is C15H20N4O. The van der Waals surface area contributed by atoms with Crippen molar-refractivity contribution in [2.75, 3.05) is 6.54 Å². The molecule has 2 aromatic heterocycles. The summed E-state index contributed by atoms with van der Waals surface area (Å²) in [4.78, 5) is 19.9. The third kappa shape index (κ3) is 2.76. The van der Waals surface area contributed by atoms with E-state index in [0.717, 1.165) is 43.0 Å². The first kappa shape index (κ1) is 13.0. The van der Waals surface area contributed by atoms with Gasteiger partial charge in [0, 0.05) is 43.5 Å². The number of amides is 1. The third-order valence-corrected chi connectivity index (χ3v) is 3.87. The summed E-state index contributed by atoms with van der Waals surface area (Å²) in [6, 6.07) is 3.98. The molecule has 0 fully saturated rings. The fraction of sp³-hybridized carbons (Fsp3) is 0.467. The van der Waals surface area contributed by atoms with E-state index >= 15 is 0 Å². The molecule has 2 N–H and O–H groups in total. The number of nitrogens with zero attached hydrogens (tertiary/aromatic N) is 2. The number of aromatic nitrogens is 3. The van der Waals surface area contributed by atoms with E-state index < -0.39 is 0 Å². The molecule has 0 radical (unpaired) electrons. The van der Waals surface area contributed by atoms with Gasteiger partial charge in [-0.25, -0.2) is 4.98 Å². The predicted octanol–water partition coefficient (Wildman–Crippen LogP) is 1.44. The smallest absolute Gasteiger partial charge is 0.223 e. The van der Waals surface area contributed by atoms with Crippen molar-refractivity contribution in [1.82, 2.24) is 19.9 Å². The number of aryl methyl sites for hydroxylation is 2. The highest BCUT2D eigenvalue weighted by Crippen LogP contribution is 2.23. The number of aromatic amines is 1. The van der Waals surface area contributed by atoms with E-state index in [9.17, 15) is 4.79 Å². The molecule has 2 aromatic rings. The number of rotatable bonds is 4. The first-order chi connectivity index (χ1) is 9.72. The van der Waals surface area contributed by atoms with Crippen LogP contribution in [0, 0.1) is 12.8 Å². The van der Waals surface area contributed by atoms with Gasteiger partial charge in [0.2, 0.25) is 5.91 Å². The number of hydrogen-bond acceptors (Lipinski definition) is 2. The van der Waals surface area contributed by atoms with Crippen molar-refractivity contribution in [1.29, 1.82) is 0 Å². The van der Waals surface area contributed by atoms with Crippen molar-refractivity contribution in [2.45, 2.75) is 32.7 Å². The van der Waals surface area contributed by atoms with Crippen molar-refractivity contribution in [3.05, 3.63) is 41.7 Å². The van der Waals surface area contributed by atoms with Gasteiger partial charge in [-0.15, -0.1) is 0 Å². The van der Waals surface area contributed by atoms with Crippen LogP contribution in [0.15, 0.2) is 24.5 Å². The maximum atomic E-state index is 12.2. The lowest BCUT2D eigenvalue weighted by Crippen LogP contribution is -2.35. The Morgan fingerprint density at radius 2 is 2.30 bits per heavy atom. The number of imidazole rings is 1. The molecule has 1 atom stereocenters. The van der Waals surface area contributed by atoms with Gasteiger partial charge in [-0.2, -0.15) is 0 Å². The molecular weight excluding hydrogens is 252 g/mol. The quantitative estimate of drug-likeness (QED) is 0.884. The summed E-state index contributed by atoms with van der Waals surface area (Å²) in [6.45, 7) is 3.46. The van der Waals surface area contributed by atoms with Crippen LogP contribution < -0.4 is 5.32 Å². The van der Waals surface area contributed by atoms with Crippen LogP contribution in [0.4, 0.5) is 0 Å². The Bertz CT molecular complexity index is 585. The van der Waals surface area contributed by atoms with Gasteiger partial charge in [-0.3, -0.25) is 4.79 Å². The molecule has 5 nitrogen and oxygen atoms in total. The molecule has 1 aliphatic rings. The number of H-pyrrole nitrogens is 1. The summed E-state index contributed by atoms with van der Waals surface area (Å²) >= 11 is 0. The van der Waals surface area contributed by atoms with Crippen molar-refractivity contribution in [3.63, 3.8) is 0 Å². The molecule has 106 valence electrons. The van der Waals surface area contributed by atoms with Gasteiger partial charge in [0.1, 0.15) is 5.82 Å². The maximum Gasteiger partial charge on any atom is 0.223 e. The van der Waals surface area contributed by atoms with Crippen LogP contribution in [-0.4, -0.2) is 27.0 Å². The van der Waals surface area contributed by atoms with Crippen molar-refractivity contribution in [2.24, 2.45) is 5.92 Å². The largest absolute Gasteiger partial charge is 0.354 e. The second-order valence-corrected chi connectivity index (χ2v) is 5.40. The number of carbonyl (C=O) groups excluding carboxylic acids is 1. The first-order valence-electron chi connectivity index (χ1n) is 7.15. The third-order valence-electron chi connectivity index (χ3n) is 3.87.